The van der Waals surface area contributed by atoms with Crippen LogP contribution in [0.4, 0.5) is 13.2 Å². The summed E-state index contributed by atoms with van der Waals surface area (Å²) >= 11 is 0. The molecule has 0 amide bonds. The zero-order valence-electron chi connectivity index (χ0n) is 13.1. The summed E-state index contributed by atoms with van der Waals surface area (Å²) in [6, 6.07) is 11.3. The minimum absolute atomic E-state index is 0.104. The van der Waals surface area contributed by atoms with E-state index in [-0.39, 0.29) is 11.2 Å². The highest BCUT2D eigenvalue weighted by molar-refractivity contribution is 5.78. The van der Waals surface area contributed by atoms with E-state index >= 15 is 0 Å². The van der Waals surface area contributed by atoms with Gasteiger partial charge in [0.25, 0.3) is 5.56 Å². The average molecular weight is 343 g/mol. The normalized spacial score (nSPS) is 12.2. The van der Waals surface area contributed by atoms with Gasteiger partial charge in [0, 0.05) is 18.1 Å². The highest BCUT2D eigenvalue weighted by atomic mass is 19.4. The van der Waals surface area contributed by atoms with Crippen molar-refractivity contribution in [2.45, 2.75) is 13.1 Å². The van der Waals surface area contributed by atoms with E-state index in [1.807, 2.05) is 6.92 Å². The van der Waals surface area contributed by atoms with Gasteiger partial charge in [-0.1, -0.05) is 17.7 Å². The number of benzene rings is 1. The molecule has 3 heterocycles. The van der Waals surface area contributed by atoms with Crippen LogP contribution in [0.5, 0.6) is 0 Å². The number of aromatic nitrogens is 3. The third kappa shape index (κ3) is 2.39. The van der Waals surface area contributed by atoms with Crippen molar-refractivity contribution < 1.29 is 13.2 Å². The van der Waals surface area contributed by atoms with E-state index < -0.39 is 17.3 Å². The molecule has 0 aliphatic heterocycles. The summed E-state index contributed by atoms with van der Waals surface area (Å²) in [5.41, 5.74) is 0.916. The van der Waals surface area contributed by atoms with Crippen LogP contribution >= 0.6 is 0 Å². The Bertz CT molecular complexity index is 1150. The second kappa shape index (κ2) is 5.20. The molecule has 0 radical (unpaired) electrons. The van der Waals surface area contributed by atoms with Crippen molar-refractivity contribution in [2.75, 3.05) is 0 Å². The van der Waals surface area contributed by atoms with Crippen molar-refractivity contribution in [3.8, 4) is 5.69 Å². The lowest BCUT2D eigenvalue weighted by Crippen LogP contribution is -2.22. The third-order valence-electron chi connectivity index (χ3n) is 4.11. The van der Waals surface area contributed by atoms with Crippen LogP contribution in [-0.2, 0) is 6.18 Å². The first-order valence-electron chi connectivity index (χ1n) is 7.52. The molecule has 4 rings (SSSR count). The fourth-order valence-electron chi connectivity index (χ4n) is 2.87. The first-order valence-corrected chi connectivity index (χ1v) is 7.52. The molecule has 4 nitrogen and oxygen atoms in total. The number of aryl methyl sites for hydroxylation is 1. The van der Waals surface area contributed by atoms with Gasteiger partial charge in [-0.05, 0) is 37.3 Å². The molecule has 0 bridgehead atoms. The van der Waals surface area contributed by atoms with Gasteiger partial charge < -0.3 is 0 Å². The van der Waals surface area contributed by atoms with Gasteiger partial charge in [-0.15, -0.1) is 0 Å². The number of pyridine rings is 1. The Balaban J connectivity index is 2.18. The zero-order valence-corrected chi connectivity index (χ0v) is 13.1. The summed E-state index contributed by atoms with van der Waals surface area (Å²) < 4.78 is 42.1. The van der Waals surface area contributed by atoms with Crippen LogP contribution in [0.1, 0.15) is 11.1 Å². The fraction of sp³-hybridized carbons (Fsp3) is 0.111. The van der Waals surface area contributed by atoms with Crippen molar-refractivity contribution in [3.63, 3.8) is 0 Å². The number of fused-ring (bicyclic) bond motifs is 3. The standard InChI is InChI=1S/C18H12F3N3O/c1-11-4-6-13(7-5-11)24-15-9-12(18(19,20)21)10-22-16(15)23-8-2-3-14(23)17(24)25/h2-10H,1H3. The minimum Gasteiger partial charge on any atom is -0.295 e. The maximum atomic E-state index is 13.1. The lowest BCUT2D eigenvalue weighted by atomic mass is 10.2. The fourth-order valence-corrected chi connectivity index (χ4v) is 2.87. The molecule has 4 aromatic rings. The van der Waals surface area contributed by atoms with Gasteiger partial charge in [0.15, 0.2) is 5.65 Å². The van der Waals surface area contributed by atoms with Gasteiger partial charge in [0.1, 0.15) is 5.52 Å². The van der Waals surface area contributed by atoms with E-state index in [9.17, 15) is 18.0 Å². The number of nitrogens with zero attached hydrogens (tertiary/aromatic N) is 3. The molecule has 1 aromatic carbocycles. The lowest BCUT2D eigenvalue weighted by Gasteiger charge is -2.14. The summed E-state index contributed by atoms with van der Waals surface area (Å²) in [5.74, 6) is 0. The maximum absolute atomic E-state index is 13.1. The van der Waals surface area contributed by atoms with Crippen molar-refractivity contribution >= 4 is 16.7 Å². The Kier molecular flexibility index (Phi) is 3.21. The van der Waals surface area contributed by atoms with Gasteiger partial charge in [-0.2, -0.15) is 13.2 Å². The molecule has 0 fully saturated rings. The van der Waals surface area contributed by atoms with Crippen LogP contribution in [0.25, 0.3) is 22.4 Å². The molecule has 0 aliphatic carbocycles. The predicted octanol–water partition coefficient (Wildman–Crippen LogP) is 3.97. The molecular weight excluding hydrogens is 331 g/mol. The highest BCUT2D eigenvalue weighted by Gasteiger charge is 2.32. The number of alkyl halides is 3. The Morgan fingerprint density at radius 2 is 1.76 bits per heavy atom. The summed E-state index contributed by atoms with van der Waals surface area (Å²) in [4.78, 5) is 16.9. The smallest absolute Gasteiger partial charge is 0.295 e. The van der Waals surface area contributed by atoms with Crippen LogP contribution < -0.4 is 5.56 Å². The summed E-state index contributed by atoms with van der Waals surface area (Å²) in [6.45, 7) is 1.89. The van der Waals surface area contributed by atoms with E-state index in [0.717, 1.165) is 17.8 Å². The van der Waals surface area contributed by atoms with Crippen molar-refractivity contribution in [1.82, 2.24) is 14.0 Å². The molecule has 0 aliphatic rings. The SMILES string of the molecule is Cc1ccc(-n2c(=O)c3cccn3c3ncc(C(F)(F)F)cc32)cc1. The van der Waals surface area contributed by atoms with E-state index in [1.54, 1.807) is 42.6 Å². The Morgan fingerprint density at radius 3 is 2.44 bits per heavy atom. The summed E-state index contributed by atoms with van der Waals surface area (Å²) in [7, 11) is 0. The Hall–Kier alpha value is -3.09. The largest absolute Gasteiger partial charge is 0.417 e. The number of hydrogen-bond acceptors (Lipinski definition) is 2. The molecule has 0 unspecified atom stereocenters. The molecule has 0 saturated heterocycles. The van der Waals surface area contributed by atoms with Crippen molar-refractivity contribution in [3.05, 3.63) is 76.3 Å². The number of halogens is 3. The van der Waals surface area contributed by atoms with E-state index in [0.29, 0.717) is 11.2 Å². The molecule has 0 atom stereocenters. The van der Waals surface area contributed by atoms with Gasteiger partial charge in [0.2, 0.25) is 0 Å². The van der Waals surface area contributed by atoms with Crippen LogP contribution in [0.3, 0.4) is 0 Å². The summed E-state index contributed by atoms with van der Waals surface area (Å²) in [5, 5.41) is 0. The monoisotopic (exact) mass is 343 g/mol. The molecule has 126 valence electrons. The number of hydrogen-bond donors (Lipinski definition) is 0. The van der Waals surface area contributed by atoms with Crippen LogP contribution in [0, 0.1) is 6.92 Å². The molecule has 0 N–H and O–H groups in total. The van der Waals surface area contributed by atoms with Crippen molar-refractivity contribution in [2.24, 2.45) is 0 Å². The zero-order chi connectivity index (χ0) is 17.8. The van der Waals surface area contributed by atoms with Crippen LogP contribution in [0.2, 0.25) is 0 Å². The molecule has 3 aromatic heterocycles. The average Bonchev–Trinajstić information content (AvgIpc) is 3.05. The molecule has 25 heavy (non-hydrogen) atoms. The molecular formula is C18H12F3N3O. The van der Waals surface area contributed by atoms with Gasteiger partial charge in [-0.3, -0.25) is 13.8 Å². The third-order valence-corrected chi connectivity index (χ3v) is 4.11. The molecule has 7 heteroatoms. The quantitative estimate of drug-likeness (QED) is 0.525. The van der Waals surface area contributed by atoms with E-state index in [2.05, 4.69) is 4.98 Å². The predicted molar refractivity (Wildman–Crippen MR) is 88.0 cm³/mol. The first-order chi connectivity index (χ1) is 11.9. The second-order valence-corrected chi connectivity index (χ2v) is 5.80. The summed E-state index contributed by atoms with van der Waals surface area (Å²) in [6.07, 6.45) is -2.15. The minimum atomic E-state index is -4.54. The van der Waals surface area contributed by atoms with E-state index in [4.69, 9.17) is 0 Å². The van der Waals surface area contributed by atoms with Crippen LogP contribution in [-0.4, -0.2) is 14.0 Å². The first kappa shape index (κ1) is 15.4. The molecule has 0 saturated carbocycles. The maximum Gasteiger partial charge on any atom is 0.417 e. The Morgan fingerprint density at radius 1 is 1.04 bits per heavy atom. The lowest BCUT2D eigenvalue weighted by molar-refractivity contribution is -0.137. The van der Waals surface area contributed by atoms with Crippen LogP contribution in [0.15, 0.2) is 59.7 Å². The van der Waals surface area contributed by atoms with E-state index in [1.165, 1.54) is 8.97 Å². The van der Waals surface area contributed by atoms with Gasteiger partial charge in [0.05, 0.1) is 11.1 Å². The Labute approximate surface area is 139 Å². The molecule has 0 spiro atoms. The topological polar surface area (TPSA) is 39.3 Å². The van der Waals surface area contributed by atoms with Gasteiger partial charge >= 0.3 is 6.18 Å². The second-order valence-electron chi connectivity index (χ2n) is 5.80. The van der Waals surface area contributed by atoms with Crippen molar-refractivity contribution in [1.29, 1.82) is 0 Å². The van der Waals surface area contributed by atoms with Gasteiger partial charge in [-0.25, -0.2) is 4.98 Å². The highest BCUT2D eigenvalue weighted by Crippen LogP contribution is 2.31. The number of rotatable bonds is 1.